The van der Waals surface area contributed by atoms with Crippen LogP contribution in [-0.4, -0.2) is 18.0 Å². The van der Waals surface area contributed by atoms with E-state index in [-0.39, 0.29) is 52.0 Å². The Morgan fingerprint density at radius 1 is 1.19 bits per heavy atom. The molecule has 1 spiro atoms. The SMILES string of the molecule is [CH2]C1CCCC2(CCCC(CC)O2)O1.[Cl-].[Hg+]. The maximum Gasteiger partial charge on any atom is 1.00 e. The third-order valence-corrected chi connectivity index (χ3v) is 3.39. The first-order valence-electron chi connectivity index (χ1n) is 5.93. The van der Waals surface area contributed by atoms with E-state index in [2.05, 4.69) is 13.8 Å². The second-order valence-electron chi connectivity index (χ2n) is 4.58. The van der Waals surface area contributed by atoms with Crippen molar-refractivity contribution in [1.29, 1.82) is 0 Å². The summed E-state index contributed by atoms with van der Waals surface area (Å²) in [6, 6.07) is 0. The van der Waals surface area contributed by atoms with Crippen LogP contribution in [0, 0.1) is 6.92 Å². The Hall–Kier alpha value is 1.15. The van der Waals surface area contributed by atoms with E-state index in [0.717, 1.165) is 25.7 Å². The average Bonchev–Trinajstić information content (AvgIpc) is 2.17. The van der Waals surface area contributed by atoms with E-state index in [4.69, 9.17) is 9.47 Å². The van der Waals surface area contributed by atoms with E-state index in [1.54, 1.807) is 0 Å². The van der Waals surface area contributed by atoms with Crippen LogP contribution in [0.15, 0.2) is 0 Å². The summed E-state index contributed by atoms with van der Waals surface area (Å²) < 4.78 is 12.0. The number of hydrogen-bond donors (Lipinski definition) is 0. The quantitative estimate of drug-likeness (QED) is 0.545. The number of halogens is 1. The second kappa shape index (κ2) is 7.55. The standard InChI is InChI=1S/C12H21O2.ClH.Hg/c1-3-11-7-5-9-12(14-11)8-4-6-10(2)13-12;;/h10-11H,2-9H2,1H3;1H;/q;;+1/p-1. The van der Waals surface area contributed by atoms with Gasteiger partial charge >= 0.3 is 27.7 Å². The largest absolute Gasteiger partial charge is 1.00 e. The minimum Gasteiger partial charge on any atom is -1.00 e. The number of rotatable bonds is 1. The van der Waals surface area contributed by atoms with Crippen LogP contribution in [0.1, 0.15) is 51.9 Å². The summed E-state index contributed by atoms with van der Waals surface area (Å²) in [5, 5.41) is 0. The van der Waals surface area contributed by atoms with Crippen molar-refractivity contribution in [3.63, 3.8) is 0 Å². The molecule has 0 aromatic carbocycles. The molecule has 2 fully saturated rings. The fourth-order valence-electron chi connectivity index (χ4n) is 2.60. The van der Waals surface area contributed by atoms with Crippen LogP contribution in [0.4, 0.5) is 0 Å². The van der Waals surface area contributed by atoms with Gasteiger partial charge < -0.3 is 21.9 Å². The van der Waals surface area contributed by atoms with Crippen LogP contribution < -0.4 is 12.4 Å². The van der Waals surface area contributed by atoms with E-state index in [1.165, 1.54) is 19.3 Å². The van der Waals surface area contributed by atoms with Crippen LogP contribution in [0.25, 0.3) is 0 Å². The third-order valence-electron chi connectivity index (χ3n) is 3.39. The molecule has 0 aliphatic carbocycles. The van der Waals surface area contributed by atoms with Gasteiger partial charge in [-0.05, 0) is 39.0 Å². The van der Waals surface area contributed by atoms with Crippen molar-refractivity contribution in [1.82, 2.24) is 0 Å². The minimum absolute atomic E-state index is 0. The summed E-state index contributed by atoms with van der Waals surface area (Å²) in [6.45, 7) is 6.18. The Kier molecular flexibility index (Phi) is 8.09. The van der Waals surface area contributed by atoms with Gasteiger partial charge in [0.25, 0.3) is 0 Å². The second-order valence-corrected chi connectivity index (χ2v) is 4.58. The van der Waals surface area contributed by atoms with Gasteiger partial charge in [0.05, 0.1) is 12.2 Å². The molecular formula is C12H21ClHgO2. The summed E-state index contributed by atoms with van der Waals surface area (Å²) in [5.41, 5.74) is 0. The molecule has 0 aromatic rings. The summed E-state index contributed by atoms with van der Waals surface area (Å²) in [4.78, 5) is 0. The molecule has 16 heavy (non-hydrogen) atoms. The first-order chi connectivity index (χ1) is 6.74. The normalized spacial score (nSPS) is 38.6. The smallest absolute Gasteiger partial charge is 1.00 e. The molecule has 3 unspecified atom stereocenters. The molecule has 0 aromatic heterocycles. The van der Waals surface area contributed by atoms with Gasteiger partial charge in [-0.1, -0.05) is 6.92 Å². The van der Waals surface area contributed by atoms with Crippen molar-refractivity contribution in [2.75, 3.05) is 0 Å². The van der Waals surface area contributed by atoms with Gasteiger partial charge in [-0.25, -0.2) is 0 Å². The Bertz CT molecular complexity index is 199. The Morgan fingerprint density at radius 2 is 1.81 bits per heavy atom. The van der Waals surface area contributed by atoms with Crippen molar-refractivity contribution < 1.29 is 49.5 Å². The van der Waals surface area contributed by atoms with Crippen LogP contribution in [0.3, 0.4) is 0 Å². The fraction of sp³-hybridized carbons (Fsp3) is 0.917. The van der Waals surface area contributed by atoms with Crippen molar-refractivity contribution in [3.8, 4) is 0 Å². The summed E-state index contributed by atoms with van der Waals surface area (Å²) in [5.74, 6) is -0.260. The maximum absolute atomic E-state index is 6.07. The summed E-state index contributed by atoms with van der Waals surface area (Å²) in [6.07, 6.45) is 8.51. The predicted molar refractivity (Wildman–Crippen MR) is 55.8 cm³/mol. The third kappa shape index (κ3) is 4.11. The molecule has 2 aliphatic heterocycles. The molecule has 90 valence electrons. The zero-order valence-corrected chi connectivity index (χ0v) is 16.5. The van der Waals surface area contributed by atoms with Gasteiger partial charge in [0.15, 0.2) is 5.79 Å². The van der Waals surface area contributed by atoms with Crippen LogP contribution in [0.5, 0.6) is 0 Å². The molecule has 0 bridgehead atoms. The van der Waals surface area contributed by atoms with Gasteiger partial charge in [0, 0.05) is 12.8 Å². The van der Waals surface area contributed by atoms with Gasteiger partial charge in [-0.3, -0.25) is 0 Å². The van der Waals surface area contributed by atoms with Crippen molar-refractivity contribution in [2.24, 2.45) is 0 Å². The van der Waals surface area contributed by atoms with Crippen molar-refractivity contribution >= 4 is 0 Å². The van der Waals surface area contributed by atoms with E-state index in [0.29, 0.717) is 6.10 Å². The van der Waals surface area contributed by atoms with Gasteiger partial charge in [-0.15, -0.1) is 0 Å². The Balaban J connectivity index is 0.00000112. The molecular weight excluding hydrogens is 412 g/mol. The fourth-order valence-corrected chi connectivity index (χ4v) is 2.60. The Morgan fingerprint density at radius 3 is 2.38 bits per heavy atom. The van der Waals surface area contributed by atoms with E-state index in [9.17, 15) is 0 Å². The Labute approximate surface area is 126 Å². The van der Waals surface area contributed by atoms with E-state index < -0.39 is 0 Å². The zero-order chi connectivity index (χ0) is 10.0. The average molecular weight is 433 g/mol. The van der Waals surface area contributed by atoms with Crippen LogP contribution >= 0.6 is 0 Å². The first kappa shape index (κ1) is 17.1. The van der Waals surface area contributed by atoms with Gasteiger partial charge in [0.1, 0.15) is 0 Å². The molecule has 2 heterocycles. The molecule has 2 radical (unpaired) electrons. The molecule has 3 atom stereocenters. The van der Waals surface area contributed by atoms with Crippen molar-refractivity contribution in [3.05, 3.63) is 6.92 Å². The van der Waals surface area contributed by atoms with Crippen molar-refractivity contribution in [2.45, 2.75) is 69.9 Å². The maximum atomic E-state index is 6.07. The molecule has 4 heteroatoms. The van der Waals surface area contributed by atoms with E-state index >= 15 is 0 Å². The summed E-state index contributed by atoms with van der Waals surface area (Å²) in [7, 11) is 0. The molecule has 2 nitrogen and oxygen atoms in total. The zero-order valence-electron chi connectivity index (χ0n) is 10.2. The summed E-state index contributed by atoms with van der Waals surface area (Å²) >= 11 is 0. The van der Waals surface area contributed by atoms with Crippen LogP contribution in [0.2, 0.25) is 0 Å². The van der Waals surface area contributed by atoms with Gasteiger partial charge in [0.2, 0.25) is 0 Å². The van der Waals surface area contributed by atoms with Crippen LogP contribution in [-0.2, 0) is 37.1 Å². The predicted octanol–water partition coefficient (Wildman–Crippen LogP) is 0.0665. The minimum atomic E-state index is -0.260. The van der Waals surface area contributed by atoms with E-state index in [1.807, 2.05) is 0 Å². The molecule has 0 amide bonds. The number of ether oxygens (including phenoxy) is 2. The van der Waals surface area contributed by atoms with Gasteiger partial charge in [-0.2, -0.15) is 0 Å². The molecule has 2 aliphatic rings. The topological polar surface area (TPSA) is 18.5 Å². The number of hydrogen-bond acceptors (Lipinski definition) is 2. The monoisotopic (exact) mass is 434 g/mol. The first-order valence-corrected chi connectivity index (χ1v) is 5.93. The molecule has 2 saturated heterocycles. The molecule has 2 rings (SSSR count). The molecule has 0 N–H and O–H groups in total. The molecule has 0 saturated carbocycles.